The Morgan fingerprint density at radius 2 is 2.04 bits per heavy atom. The molecule has 0 saturated carbocycles. The zero-order valence-corrected chi connectivity index (χ0v) is 16.6. The first-order valence-corrected chi connectivity index (χ1v) is 10.2. The third-order valence-electron chi connectivity index (χ3n) is 3.78. The Bertz CT molecular complexity index is 868. The van der Waals surface area contributed by atoms with Crippen LogP contribution in [0.2, 0.25) is 0 Å². The quantitative estimate of drug-likeness (QED) is 0.728. The fourth-order valence-electron chi connectivity index (χ4n) is 3.08. The van der Waals surface area contributed by atoms with Crippen molar-refractivity contribution in [3.63, 3.8) is 0 Å². The molecule has 0 atom stereocenters. The predicted molar refractivity (Wildman–Crippen MR) is 97.9 cm³/mol. The number of hydrogen-bond acceptors (Lipinski definition) is 6. The van der Waals surface area contributed by atoms with Gasteiger partial charge in [-0.05, 0) is 12.1 Å². The van der Waals surface area contributed by atoms with Gasteiger partial charge in [0.2, 0.25) is 10.0 Å². The number of hydrogen-bond donors (Lipinski definition) is 1. The van der Waals surface area contributed by atoms with Crippen LogP contribution < -0.4 is 4.90 Å². The van der Waals surface area contributed by atoms with Gasteiger partial charge in [0.05, 0.1) is 38.4 Å². The average molecular weight is 383 g/mol. The van der Waals surface area contributed by atoms with Gasteiger partial charge in [-0.3, -0.25) is 0 Å². The van der Waals surface area contributed by atoms with E-state index < -0.39 is 10.0 Å². The van der Waals surface area contributed by atoms with Crippen molar-refractivity contribution in [2.24, 2.45) is 5.41 Å². The Kier molecular flexibility index (Phi) is 6.11. The lowest BCUT2D eigenvalue weighted by Gasteiger charge is -2.32. The molecule has 0 amide bonds. The molecule has 9 heteroatoms. The summed E-state index contributed by atoms with van der Waals surface area (Å²) >= 11 is 0.996. The van der Waals surface area contributed by atoms with Gasteiger partial charge in [0.1, 0.15) is 15.9 Å². The number of quaternary nitrogens is 1. The molecule has 136 valence electrons. The van der Waals surface area contributed by atoms with Crippen LogP contribution in [0.5, 0.6) is 0 Å². The zero-order valence-electron chi connectivity index (χ0n) is 15.0. The Labute approximate surface area is 153 Å². The van der Waals surface area contributed by atoms with Crippen molar-refractivity contribution in [1.82, 2.24) is 13.1 Å². The predicted octanol–water partition coefficient (Wildman–Crippen LogP) is 0.766. The van der Waals surface area contributed by atoms with Crippen LogP contribution in [-0.4, -0.2) is 55.2 Å². The number of aromatic nitrogens is 2. The Balaban J connectivity index is 2.42. The van der Waals surface area contributed by atoms with Crippen LogP contribution in [0.1, 0.15) is 20.3 Å². The number of nitriles is 1. The first-order chi connectivity index (χ1) is 11.7. The highest BCUT2D eigenvalue weighted by Crippen LogP contribution is 2.27. The van der Waals surface area contributed by atoms with Crippen LogP contribution in [-0.2, 0) is 10.0 Å². The molecule has 0 aliphatic rings. The molecule has 1 aromatic heterocycles. The average Bonchev–Trinajstić information content (AvgIpc) is 2.98. The molecule has 0 aliphatic carbocycles. The second kappa shape index (κ2) is 7.74. The largest absolute Gasteiger partial charge is 0.339 e. The van der Waals surface area contributed by atoms with Gasteiger partial charge in [0.15, 0.2) is 0 Å². The fourth-order valence-corrected chi connectivity index (χ4v) is 5.46. The van der Waals surface area contributed by atoms with E-state index in [1.54, 1.807) is 18.2 Å². The Hall–Kier alpha value is -1.60. The van der Waals surface area contributed by atoms with Gasteiger partial charge in [-0.2, -0.15) is 18.3 Å². The van der Waals surface area contributed by atoms with Crippen molar-refractivity contribution >= 4 is 32.8 Å². The van der Waals surface area contributed by atoms with Crippen molar-refractivity contribution in [3.8, 4) is 6.07 Å². The molecule has 0 aliphatic heterocycles. The van der Waals surface area contributed by atoms with Crippen LogP contribution in [0.25, 0.3) is 11.0 Å². The highest BCUT2D eigenvalue weighted by molar-refractivity contribution is 7.89. The maximum atomic E-state index is 13.3. The van der Waals surface area contributed by atoms with Crippen molar-refractivity contribution in [2.75, 3.05) is 33.7 Å². The van der Waals surface area contributed by atoms with Crippen LogP contribution in [0.15, 0.2) is 23.1 Å². The van der Waals surface area contributed by atoms with Gasteiger partial charge in [0.25, 0.3) is 0 Å². The van der Waals surface area contributed by atoms with Crippen LogP contribution in [0.4, 0.5) is 0 Å². The van der Waals surface area contributed by atoms with E-state index in [-0.39, 0.29) is 23.3 Å². The van der Waals surface area contributed by atoms with Crippen molar-refractivity contribution in [2.45, 2.75) is 25.2 Å². The van der Waals surface area contributed by atoms with Crippen molar-refractivity contribution < 1.29 is 13.3 Å². The summed E-state index contributed by atoms with van der Waals surface area (Å²) < 4.78 is 36.2. The van der Waals surface area contributed by atoms with Gasteiger partial charge < -0.3 is 4.90 Å². The molecule has 25 heavy (non-hydrogen) atoms. The Morgan fingerprint density at radius 1 is 1.32 bits per heavy atom. The molecule has 7 nitrogen and oxygen atoms in total. The minimum absolute atomic E-state index is 0.148. The van der Waals surface area contributed by atoms with E-state index in [0.717, 1.165) is 18.3 Å². The molecule has 0 bridgehead atoms. The first kappa shape index (κ1) is 19.7. The number of fused-ring (bicyclic) bond motifs is 1. The number of rotatable bonds is 8. The minimum Gasteiger partial charge on any atom is -0.339 e. The summed E-state index contributed by atoms with van der Waals surface area (Å²) in [5.41, 5.74) is 0.740. The minimum atomic E-state index is -3.76. The monoisotopic (exact) mass is 382 g/mol. The molecule has 0 radical (unpaired) electrons. The number of benzene rings is 1. The topological polar surface area (TPSA) is 91.4 Å². The summed E-state index contributed by atoms with van der Waals surface area (Å²) in [6.07, 6.45) is 0.148. The highest BCUT2D eigenvalue weighted by Gasteiger charge is 2.33. The lowest BCUT2D eigenvalue weighted by molar-refractivity contribution is -0.865. The van der Waals surface area contributed by atoms with E-state index in [1.807, 2.05) is 34.0 Å². The van der Waals surface area contributed by atoms with Gasteiger partial charge in [0, 0.05) is 24.9 Å². The smallest absolute Gasteiger partial charge is 0.245 e. The molecule has 0 spiro atoms. The second-order valence-electron chi connectivity index (χ2n) is 7.18. The Morgan fingerprint density at radius 3 is 2.68 bits per heavy atom. The van der Waals surface area contributed by atoms with E-state index in [1.165, 1.54) is 9.21 Å². The van der Waals surface area contributed by atoms with Crippen molar-refractivity contribution in [3.05, 3.63) is 18.2 Å². The zero-order chi connectivity index (χ0) is 18.7. The fraction of sp³-hybridized carbons (Fsp3) is 0.562. The number of sulfonamides is 1. The molecule has 0 fully saturated rings. The standard InChI is InChI=1S/C16H23N5O2S2/c1-16(2,11-20(3)4)12-21(10-6-9-17)25(22,23)14-8-5-7-13-15(14)19-24-18-13/h5,7-8H,6,10-12H2,1-4H3/p+1. The summed E-state index contributed by atoms with van der Waals surface area (Å²) in [7, 11) is 0.317. The summed E-state index contributed by atoms with van der Waals surface area (Å²) in [4.78, 5) is 1.40. The summed E-state index contributed by atoms with van der Waals surface area (Å²) in [5, 5.41) is 8.94. The van der Waals surface area contributed by atoms with Gasteiger partial charge in [-0.15, -0.1) is 0 Å². The van der Waals surface area contributed by atoms with Crippen LogP contribution in [0, 0.1) is 16.7 Å². The summed E-state index contributed by atoms with van der Waals surface area (Å²) in [6.45, 7) is 5.41. The SMILES string of the molecule is C[NH+](C)CC(C)(C)CN(CCC#N)S(=O)(=O)c1cccc2nsnc12. The van der Waals surface area contributed by atoms with E-state index in [0.29, 0.717) is 17.6 Å². The van der Waals surface area contributed by atoms with Crippen LogP contribution >= 0.6 is 11.7 Å². The molecule has 2 aromatic rings. The number of nitrogens with one attached hydrogen (secondary N) is 1. The lowest BCUT2D eigenvalue weighted by Crippen LogP contribution is -3.07. The third-order valence-corrected chi connectivity index (χ3v) is 6.20. The molecule has 1 heterocycles. The molecule has 2 rings (SSSR count). The molecular weight excluding hydrogens is 358 g/mol. The third kappa shape index (κ3) is 4.73. The highest BCUT2D eigenvalue weighted by atomic mass is 32.2. The maximum Gasteiger partial charge on any atom is 0.245 e. The normalized spacial score (nSPS) is 12.8. The van der Waals surface area contributed by atoms with E-state index in [9.17, 15) is 8.42 Å². The van der Waals surface area contributed by atoms with E-state index in [4.69, 9.17) is 5.26 Å². The summed E-state index contributed by atoms with van der Waals surface area (Å²) in [5.74, 6) is 0. The molecule has 0 saturated heterocycles. The van der Waals surface area contributed by atoms with Crippen molar-refractivity contribution in [1.29, 1.82) is 5.26 Å². The second-order valence-corrected chi connectivity index (χ2v) is 9.62. The van der Waals surface area contributed by atoms with E-state index in [2.05, 4.69) is 8.75 Å². The molecule has 1 aromatic carbocycles. The molecule has 1 N–H and O–H groups in total. The first-order valence-electron chi connectivity index (χ1n) is 8.05. The van der Waals surface area contributed by atoms with Gasteiger partial charge in [-0.1, -0.05) is 19.9 Å². The molecule has 0 unspecified atom stereocenters. The maximum absolute atomic E-state index is 13.3. The van der Waals surface area contributed by atoms with Gasteiger partial charge >= 0.3 is 0 Å². The summed E-state index contributed by atoms with van der Waals surface area (Å²) in [6, 6.07) is 7.02. The number of nitrogens with zero attached hydrogens (tertiary/aromatic N) is 4. The molecular formula is C16H24N5O2S2+. The van der Waals surface area contributed by atoms with Gasteiger partial charge in [-0.25, -0.2) is 8.42 Å². The van der Waals surface area contributed by atoms with Crippen LogP contribution in [0.3, 0.4) is 0 Å². The van der Waals surface area contributed by atoms with E-state index >= 15 is 0 Å². The lowest BCUT2D eigenvalue weighted by atomic mass is 9.93.